The SMILES string of the molecule is COc1ccc2c(c1)N(C)C(=C1SC(=Nc3ccccc3)N(c3ccc(O)cc3)C1=O)S2. The quantitative estimate of drug-likeness (QED) is 0.514. The molecule has 0 saturated carbocycles. The van der Waals surface area contributed by atoms with Crippen molar-refractivity contribution in [3.8, 4) is 11.5 Å². The van der Waals surface area contributed by atoms with E-state index in [1.165, 1.54) is 11.8 Å². The van der Waals surface area contributed by atoms with Gasteiger partial charge in [0.15, 0.2) is 5.17 Å². The first-order valence-corrected chi connectivity index (χ1v) is 11.5. The monoisotopic (exact) mass is 461 g/mol. The summed E-state index contributed by atoms with van der Waals surface area (Å²) < 4.78 is 5.37. The van der Waals surface area contributed by atoms with Crippen LogP contribution in [0.2, 0.25) is 0 Å². The molecule has 3 aromatic carbocycles. The fourth-order valence-electron chi connectivity index (χ4n) is 3.47. The number of carbonyl (C=O) groups is 1. The lowest BCUT2D eigenvalue weighted by atomic mass is 10.2. The molecule has 8 heteroatoms. The van der Waals surface area contributed by atoms with E-state index in [1.54, 1.807) is 48.0 Å². The van der Waals surface area contributed by atoms with Crippen LogP contribution < -0.4 is 14.5 Å². The Bertz CT molecular complexity index is 1260. The number of ether oxygens (including phenoxy) is 1. The Balaban J connectivity index is 1.60. The molecular weight excluding hydrogens is 442 g/mol. The molecule has 0 spiro atoms. The van der Waals surface area contributed by atoms with E-state index in [9.17, 15) is 9.90 Å². The zero-order valence-corrected chi connectivity index (χ0v) is 19.0. The average molecular weight is 462 g/mol. The van der Waals surface area contributed by atoms with Gasteiger partial charge in [-0.1, -0.05) is 30.0 Å². The predicted molar refractivity (Wildman–Crippen MR) is 131 cm³/mol. The summed E-state index contributed by atoms with van der Waals surface area (Å²) in [7, 11) is 3.59. The topological polar surface area (TPSA) is 65.4 Å². The van der Waals surface area contributed by atoms with E-state index >= 15 is 0 Å². The van der Waals surface area contributed by atoms with Gasteiger partial charge in [0, 0.05) is 18.0 Å². The summed E-state index contributed by atoms with van der Waals surface area (Å²) in [5.74, 6) is 0.762. The molecule has 6 nitrogen and oxygen atoms in total. The molecule has 1 fully saturated rings. The third kappa shape index (κ3) is 3.61. The second-order valence-electron chi connectivity index (χ2n) is 7.12. The Labute approximate surface area is 194 Å². The number of hydrogen-bond acceptors (Lipinski definition) is 7. The van der Waals surface area contributed by atoms with E-state index in [4.69, 9.17) is 9.73 Å². The van der Waals surface area contributed by atoms with Gasteiger partial charge in [0.05, 0.1) is 29.2 Å². The summed E-state index contributed by atoms with van der Waals surface area (Å²) in [5.41, 5.74) is 2.41. The first-order chi connectivity index (χ1) is 15.5. The summed E-state index contributed by atoms with van der Waals surface area (Å²) in [4.78, 5) is 23.7. The lowest BCUT2D eigenvalue weighted by molar-refractivity contribution is -0.113. The second kappa shape index (κ2) is 8.29. The standard InChI is InChI=1S/C24H19N3O3S2/c1-26-19-14-18(30-2)12-13-20(19)31-23(26)21-22(29)27(16-8-10-17(28)11-9-16)24(32-21)25-15-6-4-3-5-7-15/h3-14,28H,1-2H3. The maximum Gasteiger partial charge on any atom is 0.274 e. The van der Waals surface area contributed by atoms with E-state index in [0.29, 0.717) is 15.8 Å². The highest BCUT2D eigenvalue weighted by molar-refractivity contribution is 8.20. The third-order valence-corrected chi connectivity index (χ3v) is 7.50. The number of nitrogens with zero attached hydrogens (tertiary/aromatic N) is 3. The number of aliphatic imine (C=N–C) groups is 1. The maximum atomic E-state index is 13.6. The maximum absolute atomic E-state index is 13.6. The van der Waals surface area contributed by atoms with Gasteiger partial charge in [-0.05, 0) is 60.3 Å². The van der Waals surface area contributed by atoms with Gasteiger partial charge in [-0.2, -0.15) is 0 Å². The van der Waals surface area contributed by atoms with Crippen molar-refractivity contribution in [3.63, 3.8) is 0 Å². The number of hydrogen-bond donors (Lipinski definition) is 1. The van der Waals surface area contributed by atoms with Crippen LogP contribution in [-0.2, 0) is 4.79 Å². The number of anilines is 2. The van der Waals surface area contributed by atoms with Gasteiger partial charge >= 0.3 is 0 Å². The van der Waals surface area contributed by atoms with Crippen molar-refractivity contribution >= 4 is 51.7 Å². The molecule has 0 aliphatic carbocycles. The summed E-state index contributed by atoms with van der Waals surface area (Å²) in [6.45, 7) is 0. The number of fused-ring (bicyclic) bond motifs is 1. The number of carbonyl (C=O) groups excluding carboxylic acids is 1. The van der Waals surface area contributed by atoms with E-state index in [1.807, 2.05) is 60.5 Å². The number of para-hydroxylation sites is 1. The lowest BCUT2D eigenvalue weighted by Gasteiger charge is -2.17. The molecule has 2 aliphatic rings. The molecule has 0 atom stereocenters. The van der Waals surface area contributed by atoms with Crippen molar-refractivity contribution in [1.29, 1.82) is 0 Å². The molecule has 1 N–H and O–H groups in total. The summed E-state index contributed by atoms with van der Waals surface area (Å²) in [5, 5.41) is 11.1. The molecular formula is C24H19N3O3S2. The highest BCUT2D eigenvalue weighted by Gasteiger charge is 2.40. The molecule has 3 aromatic rings. The van der Waals surface area contributed by atoms with Crippen molar-refractivity contribution in [3.05, 3.63) is 82.7 Å². The number of phenols is 1. The van der Waals surface area contributed by atoms with E-state index < -0.39 is 0 Å². The van der Waals surface area contributed by atoms with Gasteiger partial charge < -0.3 is 14.7 Å². The van der Waals surface area contributed by atoms with Crippen molar-refractivity contribution in [2.24, 2.45) is 4.99 Å². The number of amidine groups is 1. The third-order valence-electron chi connectivity index (χ3n) is 5.10. The minimum atomic E-state index is -0.149. The highest BCUT2D eigenvalue weighted by atomic mass is 32.2. The van der Waals surface area contributed by atoms with Crippen LogP contribution in [0.1, 0.15) is 0 Å². The van der Waals surface area contributed by atoms with Crippen molar-refractivity contribution in [2.45, 2.75) is 4.90 Å². The number of amides is 1. The first kappa shape index (κ1) is 20.5. The van der Waals surface area contributed by atoms with Crippen molar-refractivity contribution in [2.75, 3.05) is 24.0 Å². The highest BCUT2D eigenvalue weighted by Crippen LogP contribution is 2.51. The van der Waals surface area contributed by atoms with Crippen LogP contribution in [0.3, 0.4) is 0 Å². The molecule has 0 radical (unpaired) electrons. The summed E-state index contributed by atoms with van der Waals surface area (Å²) >= 11 is 2.91. The van der Waals surface area contributed by atoms with Crippen LogP contribution in [0.15, 0.2) is 92.6 Å². The van der Waals surface area contributed by atoms with Gasteiger partial charge in [-0.15, -0.1) is 0 Å². The molecule has 0 bridgehead atoms. The minimum Gasteiger partial charge on any atom is -0.508 e. The summed E-state index contributed by atoms with van der Waals surface area (Å²) in [6.07, 6.45) is 0. The molecule has 0 aromatic heterocycles. The lowest BCUT2D eigenvalue weighted by Crippen LogP contribution is -2.29. The van der Waals surface area contributed by atoms with Gasteiger partial charge in [0.25, 0.3) is 5.91 Å². The van der Waals surface area contributed by atoms with Crippen LogP contribution in [-0.4, -0.2) is 30.3 Å². The largest absolute Gasteiger partial charge is 0.508 e. The molecule has 2 heterocycles. The molecule has 2 aliphatic heterocycles. The molecule has 160 valence electrons. The Morgan fingerprint density at radius 2 is 1.72 bits per heavy atom. The van der Waals surface area contributed by atoms with Crippen LogP contribution in [0.4, 0.5) is 17.1 Å². The van der Waals surface area contributed by atoms with Crippen LogP contribution in [0.25, 0.3) is 0 Å². The van der Waals surface area contributed by atoms with Crippen LogP contribution in [0, 0.1) is 0 Å². The first-order valence-electron chi connectivity index (χ1n) is 9.84. The molecule has 32 heavy (non-hydrogen) atoms. The van der Waals surface area contributed by atoms with Gasteiger partial charge in [0.1, 0.15) is 16.4 Å². The minimum absolute atomic E-state index is 0.142. The van der Waals surface area contributed by atoms with E-state index in [2.05, 4.69) is 0 Å². The van der Waals surface area contributed by atoms with E-state index in [-0.39, 0.29) is 11.7 Å². The normalized spacial score (nSPS) is 19.1. The van der Waals surface area contributed by atoms with E-state index in [0.717, 1.165) is 27.0 Å². The number of phenolic OH excluding ortho intramolecular Hbond substituents is 1. The Hall–Kier alpha value is -3.36. The smallest absolute Gasteiger partial charge is 0.274 e. The predicted octanol–water partition coefficient (Wildman–Crippen LogP) is 5.58. The Kier molecular flexibility index (Phi) is 5.32. The zero-order chi connectivity index (χ0) is 22.2. The number of rotatable bonds is 3. The molecule has 1 amide bonds. The fourth-order valence-corrected chi connectivity index (χ4v) is 5.80. The molecule has 0 unspecified atom stereocenters. The number of thioether (sulfide) groups is 2. The molecule has 1 saturated heterocycles. The van der Waals surface area contributed by atoms with Crippen molar-refractivity contribution in [1.82, 2.24) is 0 Å². The Morgan fingerprint density at radius 1 is 0.969 bits per heavy atom. The molecule has 5 rings (SSSR count). The second-order valence-corrected chi connectivity index (χ2v) is 9.13. The number of methoxy groups -OCH3 is 1. The van der Waals surface area contributed by atoms with Crippen LogP contribution in [0.5, 0.6) is 11.5 Å². The van der Waals surface area contributed by atoms with Gasteiger partial charge in [-0.3, -0.25) is 9.69 Å². The summed E-state index contributed by atoms with van der Waals surface area (Å²) in [6, 6.07) is 22.0. The van der Waals surface area contributed by atoms with Gasteiger partial charge in [-0.25, -0.2) is 4.99 Å². The number of aromatic hydroxyl groups is 1. The van der Waals surface area contributed by atoms with Crippen molar-refractivity contribution < 1.29 is 14.6 Å². The zero-order valence-electron chi connectivity index (χ0n) is 17.4. The van der Waals surface area contributed by atoms with Crippen LogP contribution >= 0.6 is 23.5 Å². The van der Waals surface area contributed by atoms with Gasteiger partial charge in [0.2, 0.25) is 0 Å². The Morgan fingerprint density at radius 3 is 2.44 bits per heavy atom. The number of benzene rings is 3. The fraction of sp³-hybridized carbons (Fsp3) is 0.0833. The average Bonchev–Trinajstić information content (AvgIpc) is 3.31.